The minimum atomic E-state index is -4.78. The molecule has 1 atom stereocenters. The van der Waals surface area contributed by atoms with Crippen LogP contribution in [-0.4, -0.2) is 51.6 Å². The summed E-state index contributed by atoms with van der Waals surface area (Å²) in [5, 5.41) is 0. The average molecular weight is 592 g/mol. The van der Waals surface area contributed by atoms with Gasteiger partial charge >= 0.3 is 12.1 Å². The summed E-state index contributed by atoms with van der Waals surface area (Å²) in [4.78, 5) is 11.7. The molecule has 0 N–H and O–H groups in total. The van der Waals surface area contributed by atoms with E-state index in [1.54, 1.807) is 20.8 Å². The van der Waals surface area contributed by atoms with Gasteiger partial charge in [0.2, 0.25) is 0 Å². The first-order valence-corrected chi connectivity index (χ1v) is 15.1. The summed E-state index contributed by atoms with van der Waals surface area (Å²) >= 11 is 0. The lowest BCUT2D eigenvalue weighted by atomic mass is 10.1. The van der Waals surface area contributed by atoms with Crippen molar-refractivity contribution >= 4 is 31.5 Å². The first kappa shape index (κ1) is 30.7. The van der Waals surface area contributed by atoms with Gasteiger partial charge in [0.25, 0.3) is 10.0 Å². The third-order valence-corrected chi connectivity index (χ3v) is 10.3. The van der Waals surface area contributed by atoms with E-state index in [2.05, 4.69) is 0 Å². The summed E-state index contributed by atoms with van der Waals surface area (Å²) < 4.78 is 104. The van der Waals surface area contributed by atoms with E-state index in [1.807, 2.05) is 0 Å². The molecule has 216 valence electrons. The molecule has 0 saturated carbocycles. The number of hydrogen-bond donors (Lipinski definition) is 0. The Morgan fingerprint density at radius 2 is 1.64 bits per heavy atom. The molecule has 0 fully saturated rings. The Bertz CT molecular complexity index is 1460. The van der Waals surface area contributed by atoms with Crippen LogP contribution in [-0.2, 0) is 42.0 Å². The van der Waals surface area contributed by atoms with Crippen LogP contribution >= 0.6 is 0 Å². The van der Waals surface area contributed by atoms with Gasteiger partial charge in [0.15, 0.2) is 9.84 Å². The van der Waals surface area contributed by atoms with Crippen molar-refractivity contribution in [3.8, 4) is 5.75 Å². The van der Waals surface area contributed by atoms with E-state index in [4.69, 9.17) is 9.47 Å². The number of fused-ring (bicyclic) bond motifs is 1. The van der Waals surface area contributed by atoms with E-state index >= 15 is 0 Å². The molecule has 2 aromatic rings. The number of carbonyl (C=O) groups excluding carboxylic acids is 1. The highest BCUT2D eigenvalue weighted by molar-refractivity contribution is 7.93. The van der Waals surface area contributed by atoms with Gasteiger partial charge in [-0.15, -0.1) is 0 Å². The second-order valence-corrected chi connectivity index (χ2v) is 15.9. The number of alkyl halides is 3. The highest BCUT2D eigenvalue weighted by atomic mass is 32.2. The molecule has 13 heteroatoms. The summed E-state index contributed by atoms with van der Waals surface area (Å²) in [5.74, 6) is -1.08. The summed E-state index contributed by atoms with van der Waals surface area (Å²) in [6.45, 7) is 9.11. The van der Waals surface area contributed by atoms with Crippen molar-refractivity contribution < 1.29 is 44.3 Å². The predicted octanol–water partition coefficient (Wildman–Crippen LogP) is 4.76. The SMILES string of the molecule is CC(C)(C)OC(=O)Cc1ccc2c(c1)N(S(=O)(=O)c1cccc(C(F)(F)F)c1)C[C@H](CS(=O)(=O)C(C)(C)C)O2. The van der Waals surface area contributed by atoms with Crippen LogP contribution in [0.2, 0.25) is 0 Å². The van der Waals surface area contributed by atoms with Crippen molar-refractivity contribution in [2.24, 2.45) is 0 Å². The van der Waals surface area contributed by atoms with E-state index in [1.165, 1.54) is 39.0 Å². The van der Waals surface area contributed by atoms with E-state index < -0.39 is 71.2 Å². The van der Waals surface area contributed by atoms with E-state index in [0.717, 1.165) is 22.5 Å². The number of sulfone groups is 1. The Balaban J connectivity index is 2.09. The van der Waals surface area contributed by atoms with Crippen LogP contribution in [0.3, 0.4) is 0 Å². The maximum absolute atomic E-state index is 13.7. The first-order chi connectivity index (χ1) is 17.6. The maximum atomic E-state index is 13.7. The van der Waals surface area contributed by atoms with Crippen molar-refractivity contribution in [2.75, 3.05) is 16.6 Å². The van der Waals surface area contributed by atoms with Gasteiger partial charge in [-0.1, -0.05) is 12.1 Å². The molecular weight excluding hydrogens is 559 g/mol. The van der Waals surface area contributed by atoms with Crippen molar-refractivity contribution in [2.45, 2.75) is 75.5 Å². The Morgan fingerprint density at radius 3 is 2.21 bits per heavy atom. The van der Waals surface area contributed by atoms with E-state index in [9.17, 15) is 34.8 Å². The summed E-state index contributed by atoms with van der Waals surface area (Å²) in [7, 11) is -8.37. The van der Waals surface area contributed by atoms with Gasteiger partial charge in [0.1, 0.15) is 17.5 Å². The summed E-state index contributed by atoms with van der Waals surface area (Å²) in [5.41, 5.74) is -1.56. The highest BCUT2D eigenvalue weighted by Crippen LogP contribution is 2.39. The van der Waals surface area contributed by atoms with Crippen LogP contribution in [0.25, 0.3) is 0 Å². The number of carbonyl (C=O) groups is 1. The summed E-state index contributed by atoms with van der Waals surface area (Å²) in [6, 6.07) is 7.58. The van der Waals surface area contributed by atoms with E-state index in [0.29, 0.717) is 11.6 Å². The molecule has 39 heavy (non-hydrogen) atoms. The van der Waals surface area contributed by atoms with Crippen molar-refractivity contribution in [3.63, 3.8) is 0 Å². The third kappa shape index (κ3) is 7.24. The molecule has 2 aromatic carbocycles. The summed E-state index contributed by atoms with van der Waals surface area (Å²) in [6.07, 6.45) is -6.12. The van der Waals surface area contributed by atoms with Crippen LogP contribution in [0.1, 0.15) is 52.7 Å². The van der Waals surface area contributed by atoms with Gasteiger partial charge in [0.05, 0.1) is 39.6 Å². The molecule has 1 aliphatic rings. The average Bonchev–Trinajstić information content (AvgIpc) is 2.76. The lowest BCUT2D eigenvalue weighted by molar-refractivity contribution is -0.153. The van der Waals surface area contributed by atoms with Crippen LogP contribution in [0.5, 0.6) is 5.75 Å². The standard InChI is InChI=1S/C26H32F3NO7S2/c1-24(2,3)37-23(31)13-17-10-11-22-21(12-17)30(15-19(36-22)16-38(32,33)25(4,5)6)39(34,35)20-9-7-8-18(14-20)26(27,28)29/h7-12,14,19H,13,15-16H2,1-6H3/t19-/m1/s1. The number of ether oxygens (including phenoxy) is 2. The minimum absolute atomic E-state index is 0.0128. The first-order valence-electron chi connectivity index (χ1n) is 12.0. The molecule has 3 rings (SSSR count). The molecular formula is C26H32F3NO7S2. The second-order valence-electron chi connectivity index (χ2n) is 11.3. The number of benzene rings is 2. The smallest absolute Gasteiger partial charge is 0.416 e. The zero-order valence-electron chi connectivity index (χ0n) is 22.5. The Hall–Kier alpha value is -2.80. The van der Waals surface area contributed by atoms with E-state index in [-0.39, 0.29) is 17.9 Å². The molecule has 0 aromatic heterocycles. The monoisotopic (exact) mass is 591 g/mol. The lowest BCUT2D eigenvalue weighted by Gasteiger charge is -2.36. The van der Waals surface area contributed by atoms with Gasteiger partial charge in [-0.05, 0) is 77.4 Å². The molecule has 8 nitrogen and oxygen atoms in total. The number of esters is 1. The highest BCUT2D eigenvalue weighted by Gasteiger charge is 2.40. The molecule has 0 amide bonds. The van der Waals surface area contributed by atoms with Crippen LogP contribution < -0.4 is 9.04 Å². The van der Waals surface area contributed by atoms with Crippen molar-refractivity contribution in [1.29, 1.82) is 0 Å². The predicted molar refractivity (Wildman–Crippen MR) is 140 cm³/mol. The molecule has 0 unspecified atom stereocenters. The Labute approximate surface area is 227 Å². The Kier molecular flexibility index (Phi) is 8.12. The number of sulfonamides is 1. The van der Waals surface area contributed by atoms with Gasteiger partial charge in [-0.25, -0.2) is 16.8 Å². The molecule has 1 aliphatic heterocycles. The molecule has 0 radical (unpaired) electrons. The maximum Gasteiger partial charge on any atom is 0.416 e. The largest absolute Gasteiger partial charge is 0.485 e. The van der Waals surface area contributed by atoms with Crippen molar-refractivity contribution in [3.05, 3.63) is 53.6 Å². The minimum Gasteiger partial charge on any atom is -0.485 e. The number of halogens is 3. The molecule has 0 aliphatic carbocycles. The fourth-order valence-corrected chi connectivity index (χ4v) is 6.49. The quantitative estimate of drug-likeness (QED) is 0.446. The van der Waals surface area contributed by atoms with Crippen molar-refractivity contribution in [1.82, 2.24) is 0 Å². The van der Waals surface area contributed by atoms with Crippen LogP contribution in [0.15, 0.2) is 47.4 Å². The third-order valence-electron chi connectivity index (χ3n) is 5.81. The molecule has 1 heterocycles. The zero-order valence-corrected chi connectivity index (χ0v) is 24.1. The topological polar surface area (TPSA) is 107 Å². The molecule has 0 spiro atoms. The molecule has 0 bridgehead atoms. The van der Waals surface area contributed by atoms with Crippen LogP contribution in [0.4, 0.5) is 18.9 Å². The number of hydrogen-bond acceptors (Lipinski definition) is 7. The second kappa shape index (κ2) is 10.3. The fourth-order valence-electron chi connectivity index (χ4n) is 3.78. The van der Waals surface area contributed by atoms with Gasteiger partial charge in [-0.2, -0.15) is 13.2 Å². The Morgan fingerprint density at radius 1 is 1.00 bits per heavy atom. The fraction of sp³-hybridized carbons (Fsp3) is 0.500. The number of anilines is 1. The van der Waals surface area contributed by atoms with Crippen LogP contribution in [0, 0.1) is 0 Å². The normalized spacial score (nSPS) is 16.8. The number of rotatable bonds is 6. The number of nitrogens with zero attached hydrogens (tertiary/aromatic N) is 1. The van der Waals surface area contributed by atoms with Gasteiger partial charge < -0.3 is 9.47 Å². The molecule has 0 saturated heterocycles. The van der Waals surface area contributed by atoms with Gasteiger partial charge in [-0.3, -0.25) is 9.10 Å². The lowest BCUT2D eigenvalue weighted by Crippen LogP contribution is -2.48. The zero-order chi connectivity index (χ0) is 29.6. The van der Waals surface area contributed by atoms with Gasteiger partial charge in [0, 0.05) is 0 Å².